The first kappa shape index (κ1) is 15.7. The third kappa shape index (κ3) is 2.97. The minimum absolute atomic E-state index is 0.0364. The molecule has 0 bridgehead atoms. The third-order valence-electron chi connectivity index (χ3n) is 4.10. The van der Waals surface area contributed by atoms with Gasteiger partial charge in [0.15, 0.2) is 0 Å². The van der Waals surface area contributed by atoms with Gasteiger partial charge in [0.25, 0.3) is 0 Å². The quantitative estimate of drug-likeness (QED) is 0.621. The van der Waals surface area contributed by atoms with Crippen molar-refractivity contribution in [3.8, 4) is 0 Å². The van der Waals surface area contributed by atoms with Crippen LogP contribution in [0, 0.1) is 6.92 Å². The second-order valence-electron chi connectivity index (χ2n) is 5.62. The average Bonchev–Trinajstić information content (AvgIpc) is 3.32. The molecule has 0 fully saturated rings. The summed E-state index contributed by atoms with van der Waals surface area (Å²) in [6.07, 6.45) is 4.41. The molecule has 0 saturated carbocycles. The zero-order valence-electron chi connectivity index (χ0n) is 13.1. The van der Waals surface area contributed by atoms with E-state index in [-0.39, 0.29) is 11.9 Å². The van der Waals surface area contributed by atoms with Crippen LogP contribution in [-0.2, 0) is 11.2 Å². The molecule has 0 radical (unpaired) electrons. The molecule has 1 aliphatic rings. The van der Waals surface area contributed by atoms with Crippen LogP contribution < -0.4 is 0 Å². The van der Waals surface area contributed by atoms with E-state index in [1.807, 2.05) is 23.3 Å². The fraction of sp³-hybridized carbons (Fsp3) is 0.222. The van der Waals surface area contributed by atoms with Crippen molar-refractivity contribution in [1.29, 1.82) is 0 Å². The molecule has 24 heavy (non-hydrogen) atoms. The topological polar surface area (TPSA) is 33.2 Å². The molecule has 1 unspecified atom stereocenters. The van der Waals surface area contributed by atoms with Gasteiger partial charge >= 0.3 is 0 Å². The Balaban J connectivity index is 1.63. The maximum atomic E-state index is 12.8. The molecule has 4 heterocycles. The Bertz CT molecular complexity index is 876. The average molecular weight is 373 g/mol. The van der Waals surface area contributed by atoms with E-state index < -0.39 is 0 Å². The van der Waals surface area contributed by atoms with E-state index in [2.05, 4.69) is 33.9 Å². The second-order valence-corrected chi connectivity index (χ2v) is 8.67. The lowest BCUT2D eigenvalue weighted by Gasteiger charge is -2.34. The van der Waals surface area contributed by atoms with Gasteiger partial charge in [-0.2, -0.15) is 0 Å². The van der Waals surface area contributed by atoms with Gasteiger partial charge in [-0.1, -0.05) is 6.07 Å². The van der Waals surface area contributed by atoms with Crippen LogP contribution in [0.15, 0.2) is 40.4 Å². The van der Waals surface area contributed by atoms with Crippen LogP contribution in [0.4, 0.5) is 0 Å². The van der Waals surface area contributed by atoms with Crippen molar-refractivity contribution in [1.82, 2.24) is 9.88 Å². The van der Waals surface area contributed by atoms with Crippen LogP contribution in [0.1, 0.15) is 32.1 Å². The minimum Gasteiger partial charge on any atom is -0.327 e. The molecule has 4 rings (SSSR count). The molecule has 6 heteroatoms. The molecular formula is C18H16N2OS3. The summed E-state index contributed by atoms with van der Waals surface area (Å²) in [5.74, 6) is 0.0518. The van der Waals surface area contributed by atoms with Gasteiger partial charge in [-0.25, -0.2) is 4.98 Å². The Hall–Kier alpha value is -1.76. The summed E-state index contributed by atoms with van der Waals surface area (Å²) in [6, 6.07) is 6.37. The third-order valence-corrected chi connectivity index (χ3v) is 6.81. The van der Waals surface area contributed by atoms with Crippen LogP contribution in [-0.4, -0.2) is 22.3 Å². The van der Waals surface area contributed by atoms with Gasteiger partial charge in [0.05, 0.1) is 16.7 Å². The number of hydrogen-bond donors (Lipinski definition) is 0. The van der Waals surface area contributed by atoms with Crippen LogP contribution in [0.2, 0.25) is 0 Å². The SMILES string of the molecule is Cc1nc(/C=C/C(=O)N2CCc3sccc3C2c2cccs2)cs1. The Morgan fingerprint density at radius 1 is 1.29 bits per heavy atom. The number of fused-ring (bicyclic) bond motifs is 1. The summed E-state index contributed by atoms with van der Waals surface area (Å²) >= 11 is 5.10. The van der Waals surface area contributed by atoms with Gasteiger partial charge in [-0.15, -0.1) is 34.0 Å². The molecule has 3 aromatic rings. The van der Waals surface area contributed by atoms with E-state index in [4.69, 9.17) is 0 Å². The Morgan fingerprint density at radius 2 is 2.21 bits per heavy atom. The molecule has 0 spiro atoms. The number of carbonyl (C=O) groups is 1. The van der Waals surface area contributed by atoms with Gasteiger partial charge in [-0.3, -0.25) is 4.79 Å². The van der Waals surface area contributed by atoms with E-state index in [0.717, 1.165) is 23.7 Å². The number of aromatic nitrogens is 1. The second kappa shape index (κ2) is 6.63. The summed E-state index contributed by atoms with van der Waals surface area (Å²) in [5, 5.41) is 7.20. The molecule has 1 atom stereocenters. The summed E-state index contributed by atoms with van der Waals surface area (Å²) < 4.78 is 0. The molecule has 0 aliphatic carbocycles. The fourth-order valence-corrected chi connectivity index (χ4v) is 5.36. The van der Waals surface area contributed by atoms with E-state index >= 15 is 0 Å². The number of aryl methyl sites for hydroxylation is 1. The maximum absolute atomic E-state index is 12.8. The van der Waals surface area contributed by atoms with Crippen molar-refractivity contribution in [2.75, 3.05) is 6.54 Å². The molecule has 3 nitrogen and oxygen atoms in total. The van der Waals surface area contributed by atoms with Crippen LogP contribution in [0.5, 0.6) is 0 Å². The van der Waals surface area contributed by atoms with E-state index in [9.17, 15) is 4.79 Å². The minimum atomic E-state index is 0.0364. The first-order valence-corrected chi connectivity index (χ1v) is 10.4. The Morgan fingerprint density at radius 3 is 2.96 bits per heavy atom. The van der Waals surface area contributed by atoms with Gasteiger partial charge in [0.2, 0.25) is 5.91 Å². The number of thiophene rings is 2. The summed E-state index contributed by atoms with van der Waals surface area (Å²) in [6.45, 7) is 2.73. The molecule has 1 aliphatic heterocycles. The van der Waals surface area contributed by atoms with Crippen molar-refractivity contribution in [2.24, 2.45) is 0 Å². The molecule has 1 amide bonds. The lowest BCUT2D eigenvalue weighted by Crippen LogP contribution is -2.38. The summed E-state index contributed by atoms with van der Waals surface area (Å²) in [4.78, 5) is 21.8. The smallest absolute Gasteiger partial charge is 0.247 e. The largest absolute Gasteiger partial charge is 0.327 e. The predicted molar refractivity (Wildman–Crippen MR) is 102 cm³/mol. The first-order chi connectivity index (χ1) is 11.7. The van der Waals surface area contributed by atoms with Crippen LogP contribution in [0.25, 0.3) is 6.08 Å². The molecule has 0 saturated heterocycles. The van der Waals surface area contributed by atoms with Crippen LogP contribution >= 0.6 is 34.0 Å². The van der Waals surface area contributed by atoms with Gasteiger partial charge in [0, 0.05) is 27.8 Å². The van der Waals surface area contributed by atoms with E-state index in [0.29, 0.717) is 0 Å². The maximum Gasteiger partial charge on any atom is 0.247 e. The van der Waals surface area contributed by atoms with Gasteiger partial charge in [0.1, 0.15) is 0 Å². The van der Waals surface area contributed by atoms with Crippen molar-refractivity contribution in [3.05, 3.63) is 66.4 Å². The number of nitrogens with zero attached hydrogens (tertiary/aromatic N) is 2. The molecular weight excluding hydrogens is 356 g/mol. The predicted octanol–water partition coefficient (Wildman–Crippen LogP) is 4.76. The number of thiazole rings is 1. The Kier molecular flexibility index (Phi) is 4.35. The monoisotopic (exact) mass is 372 g/mol. The lowest BCUT2D eigenvalue weighted by molar-refractivity contribution is -0.127. The zero-order chi connectivity index (χ0) is 16.5. The fourth-order valence-electron chi connectivity index (χ4n) is 3.02. The molecule has 122 valence electrons. The highest BCUT2D eigenvalue weighted by Crippen LogP contribution is 2.39. The van der Waals surface area contributed by atoms with Crippen molar-refractivity contribution < 1.29 is 4.79 Å². The molecule has 0 aromatic carbocycles. The number of amides is 1. The number of rotatable bonds is 3. The summed E-state index contributed by atoms with van der Waals surface area (Å²) in [7, 11) is 0. The lowest BCUT2D eigenvalue weighted by atomic mass is 9.98. The van der Waals surface area contributed by atoms with Crippen molar-refractivity contribution in [2.45, 2.75) is 19.4 Å². The highest BCUT2D eigenvalue weighted by Gasteiger charge is 2.32. The summed E-state index contributed by atoms with van der Waals surface area (Å²) in [5.41, 5.74) is 2.13. The highest BCUT2D eigenvalue weighted by atomic mass is 32.1. The van der Waals surface area contributed by atoms with Crippen molar-refractivity contribution in [3.63, 3.8) is 0 Å². The molecule has 3 aromatic heterocycles. The van der Waals surface area contributed by atoms with E-state index in [1.54, 1.807) is 40.1 Å². The number of hydrogen-bond acceptors (Lipinski definition) is 5. The highest BCUT2D eigenvalue weighted by molar-refractivity contribution is 7.10. The van der Waals surface area contributed by atoms with Gasteiger partial charge < -0.3 is 4.90 Å². The van der Waals surface area contributed by atoms with E-state index in [1.165, 1.54) is 15.3 Å². The van der Waals surface area contributed by atoms with Crippen LogP contribution in [0.3, 0.4) is 0 Å². The zero-order valence-corrected chi connectivity index (χ0v) is 15.6. The first-order valence-electron chi connectivity index (χ1n) is 7.73. The normalized spacial score (nSPS) is 17.4. The Labute approximate surface area is 152 Å². The van der Waals surface area contributed by atoms with Crippen molar-refractivity contribution >= 4 is 46.0 Å². The number of carbonyl (C=O) groups excluding carboxylic acids is 1. The standard InChI is InChI=1S/C18H16N2OS3/c1-12-19-13(11-24-12)4-5-17(21)20-8-6-15-14(7-10-23-15)18(20)16-3-2-9-22-16/h2-5,7,9-11,18H,6,8H2,1H3/b5-4+. The molecule has 0 N–H and O–H groups in total. The van der Waals surface area contributed by atoms with Gasteiger partial charge in [-0.05, 0) is 47.9 Å².